The second-order valence-corrected chi connectivity index (χ2v) is 8.82. The van der Waals surface area contributed by atoms with Crippen molar-refractivity contribution in [2.75, 3.05) is 6.61 Å². The maximum atomic E-state index is 14.0. The molecule has 0 bridgehead atoms. The topological polar surface area (TPSA) is 35.0 Å². The van der Waals surface area contributed by atoms with Crippen molar-refractivity contribution in [2.45, 2.75) is 97.6 Å². The highest BCUT2D eigenvalue weighted by Crippen LogP contribution is 2.20. The summed E-state index contributed by atoms with van der Waals surface area (Å²) in [4.78, 5) is 8.85. The van der Waals surface area contributed by atoms with Crippen LogP contribution in [0.5, 0.6) is 5.75 Å². The molecule has 0 fully saturated rings. The highest BCUT2D eigenvalue weighted by atomic mass is 19.1. The molecular weight excluding hydrogens is 387 g/mol. The fraction of sp³-hybridized carbons (Fsp3) is 0.630. The monoisotopic (exact) mass is 428 g/mol. The van der Waals surface area contributed by atoms with Gasteiger partial charge >= 0.3 is 0 Å². The number of rotatable bonds is 16. The van der Waals surface area contributed by atoms with E-state index in [0.29, 0.717) is 36.9 Å². The first kappa shape index (κ1) is 25.3. The predicted octanol–water partition coefficient (Wildman–Crippen LogP) is 7.98. The van der Waals surface area contributed by atoms with Gasteiger partial charge in [0.25, 0.3) is 0 Å². The largest absolute Gasteiger partial charge is 0.490 e. The van der Waals surface area contributed by atoms with E-state index in [1.54, 1.807) is 12.4 Å². The third kappa shape index (κ3) is 10.3. The lowest BCUT2D eigenvalue weighted by Crippen LogP contribution is -2.11. The van der Waals surface area contributed by atoms with Crippen LogP contribution in [-0.4, -0.2) is 22.7 Å². The van der Waals surface area contributed by atoms with Gasteiger partial charge in [0, 0.05) is 12.0 Å². The van der Waals surface area contributed by atoms with E-state index < -0.39 is 6.17 Å². The second-order valence-electron chi connectivity index (χ2n) is 8.82. The Kier molecular flexibility index (Phi) is 12.2. The molecule has 0 N–H and O–H groups in total. The van der Waals surface area contributed by atoms with Crippen LogP contribution in [0.4, 0.5) is 4.39 Å². The van der Waals surface area contributed by atoms with Crippen LogP contribution in [0, 0.1) is 5.92 Å². The zero-order chi connectivity index (χ0) is 22.3. The van der Waals surface area contributed by atoms with Crippen LogP contribution >= 0.6 is 0 Å². The summed E-state index contributed by atoms with van der Waals surface area (Å²) in [5.74, 6) is 1.72. The minimum atomic E-state index is -0.809. The molecule has 0 saturated heterocycles. The normalized spacial score (nSPS) is 13.2. The Morgan fingerprint density at radius 2 is 1.55 bits per heavy atom. The molecule has 2 aromatic rings. The van der Waals surface area contributed by atoms with E-state index in [1.165, 1.54) is 44.1 Å². The summed E-state index contributed by atoms with van der Waals surface area (Å²) >= 11 is 0. The Hall–Kier alpha value is -1.97. The van der Waals surface area contributed by atoms with E-state index >= 15 is 0 Å². The third-order valence-electron chi connectivity index (χ3n) is 5.80. The molecule has 4 heteroatoms. The van der Waals surface area contributed by atoms with Gasteiger partial charge in [-0.3, -0.25) is 0 Å². The van der Waals surface area contributed by atoms with Crippen LogP contribution in [-0.2, 0) is 6.42 Å². The number of ether oxygens (including phenoxy) is 1. The Morgan fingerprint density at radius 3 is 2.23 bits per heavy atom. The lowest BCUT2D eigenvalue weighted by atomic mass is 9.98. The highest BCUT2D eigenvalue weighted by Gasteiger charge is 2.12. The van der Waals surface area contributed by atoms with E-state index in [1.807, 2.05) is 0 Å². The molecule has 172 valence electrons. The fourth-order valence-corrected chi connectivity index (χ4v) is 3.94. The number of aromatic nitrogens is 2. The van der Waals surface area contributed by atoms with Crippen molar-refractivity contribution >= 4 is 0 Å². The molecule has 0 radical (unpaired) electrons. The zero-order valence-corrected chi connectivity index (χ0v) is 19.8. The minimum absolute atomic E-state index is 0.357. The molecule has 0 aliphatic rings. The van der Waals surface area contributed by atoms with Crippen molar-refractivity contribution < 1.29 is 9.13 Å². The summed E-state index contributed by atoms with van der Waals surface area (Å²) in [6.07, 6.45) is 14.8. The van der Waals surface area contributed by atoms with Crippen molar-refractivity contribution in [3.8, 4) is 17.1 Å². The first-order valence-corrected chi connectivity index (χ1v) is 12.3. The number of hydrogen-bond donors (Lipinski definition) is 0. The average molecular weight is 429 g/mol. The molecule has 3 nitrogen and oxygen atoms in total. The number of alkyl halides is 1. The SMILES string of the molecule is CCCCCCCCc1ccc(-c2ncc(OCCC(F)CC(C)CCC)cn2)cc1. The second kappa shape index (κ2) is 14.9. The summed E-state index contributed by atoms with van der Waals surface area (Å²) in [6.45, 7) is 6.87. The Bertz CT molecular complexity index is 702. The van der Waals surface area contributed by atoms with Crippen LogP contribution in [0.1, 0.15) is 90.5 Å². The van der Waals surface area contributed by atoms with Gasteiger partial charge in [-0.1, -0.05) is 90.0 Å². The van der Waals surface area contributed by atoms with Crippen LogP contribution in [0.2, 0.25) is 0 Å². The molecule has 0 amide bonds. The summed E-state index contributed by atoms with van der Waals surface area (Å²) in [5, 5.41) is 0. The van der Waals surface area contributed by atoms with Gasteiger partial charge in [-0.25, -0.2) is 14.4 Å². The van der Waals surface area contributed by atoms with Gasteiger partial charge in [0.2, 0.25) is 0 Å². The van der Waals surface area contributed by atoms with Gasteiger partial charge in [0.1, 0.15) is 6.17 Å². The number of unbranched alkanes of at least 4 members (excludes halogenated alkanes) is 5. The van der Waals surface area contributed by atoms with E-state index in [-0.39, 0.29) is 0 Å². The van der Waals surface area contributed by atoms with E-state index in [4.69, 9.17) is 4.74 Å². The number of aryl methyl sites for hydroxylation is 1. The van der Waals surface area contributed by atoms with Gasteiger partial charge in [-0.2, -0.15) is 0 Å². The number of halogens is 1. The van der Waals surface area contributed by atoms with Gasteiger partial charge in [-0.05, 0) is 30.7 Å². The Labute approximate surface area is 188 Å². The van der Waals surface area contributed by atoms with Crippen molar-refractivity contribution in [1.82, 2.24) is 9.97 Å². The fourth-order valence-electron chi connectivity index (χ4n) is 3.94. The van der Waals surface area contributed by atoms with Gasteiger partial charge in [0.15, 0.2) is 11.6 Å². The minimum Gasteiger partial charge on any atom is -0.490 e. The average Bonchev–Trinajstić information content (AvgIpc) is 2.77. The number of nitrogens with zero attached hydrogens (tertiary/aromatic N) is 2. The summed E-state index contributed by atoms with van der Waals surface area (Å²) in [7, 11) is 0. The molecule has 2 rings (SSSR count). The Balaban J connectivity index is 1.72. The molecule has 0 aliphatic carbocycles. The molecule has 1 heterocycles. The molecule has 1 aromatic heterocycles. The smallest absolute Gasteiger partial charge is 0.159 e. The van der Waals surface area contributed by atoms with Gasteiger partial charge in [-0.15, -0.1) is 0 Å². The van der Waals surface area contributed by atoms with Crippen molar-refractivity contribution in [1.29, 1.82) is 0 Å². The molecule has 0 spiro atoms. The molecule has 0 aliphatic heterocycles. The molecule has 31 heavy (non-hydrogen) atoms. The van der Waals surface area contributed by atoms with E-state index in [0.717, 1.165) is 24.8 Å². The van der Waals surface area contributed by atoms with Crippen LogP contribution in [0.25, 0.3) is 11.4 Å². The van der Waals surface area contributed by atoms with Crippen molar-refractivity contribution in [3.63, 3.8) is 0 Å². The third-order valence-corrected chi connectivity index (χ3v) is 5.80. The van der Waals surface area contributed by atoms with E-state index in [2.05, 4.69) is 55.0 Å². The first-order valence-electron chi connectivity index (χ1n) is 12.3. The summed E-state index contributed by atoms with van der Waals surface area (Å²) in [5.41, 5.74) is 2.38. The van der Waals surface area contributed by atoms with Crippen LogP contribution < -0.4 is 4.74 Å². The molecule has 2 atom stereocenters. The van der Waals surface area contributed by atoms with Crippen LogP contribution in [0.15, 0.2) is 36.7 Å². The van der Waals surface area contributed by atoms with E-state index in [9.17, 15) is 4.39 Å². The lowest BCUT2D eigenvalue weighted by molar-refractivity contribution is 0.205. The number of benzene rings is 1. The first-order chi connectivity index (χ1) is 15.1. The zero-order valence-electron chi connectivity index (χ0n) is 19.8. The van der Waals surface area contributed by atoms with Crippen molar-refractivity contribution in [2.24, 2.45) is 5.92 Å². The quantitative estimate of drug-likeness (QED) is 0.254. The molecule has 1 aromatic carbocycles. The van der Waals surface area contributed by atoms with Gasteiger partial charge < -0.3 is 4.74 Å². The Morgan fingerprint density at radius 1 is 0.871 bits per heavy atom. The maximum absolute atomic E-state index is 14.0. The number of hydrogen-bond acceptors (Lipinski definition) is 3. The predicted molar refractivity (Wildman–Crippen MR) is 128 cm³/mol. The highest BCUT2D eigenvalue weighted by molar-refractivity contribution is 5.55. The lowest BCUT2D eigenvalue weighted by Gasteiger charge is -2.14. The maximum Gasteiger partial charge on any atom is 0.159 e. The molecule has 0 saturated carbocycles. The standard InChI is InChI=1S/C27H41FN2O/c1-4-6-7-8-9-10-12-23-13-15-24(16-14-23)27-29-20-26(21-30-27)31-18-17-25(28)19-22(3)11-5-2/h13-16,20-22,25H,4-12,17-19H2,1-3H3. The van der Waals surface area contributed by atoms with Crippen molar-refractivity contribution in [3.05, 3.63) is 42.2 Å². The molecular formula is C27H41FN2O. The van der Waals surface area contributed by atoms with Crippen LogP contribution in [0.3, 0.4) is 0 Å². The molecule has 2 unspecified atom stereocenters. The van der Waals surface area contributed by atoms with Gasteiger partial charge in [0.05, 0.1) is 19.0 Å². The summed E-state index contributed by atoms with van der Waals surface area (Å²) < 4.78 is 19.7. The summed E-state index contributed by atoms with van der Waals surface area (Å²) in [6, 6.07) is 8.53.